The van der Waals surface area contributed by atoms with Crippen LogP contribution in [0.1, 0.15) is 23.6 Å². The third-order valence-corrected chi connectivity index (χ3v) is 3.24. The number of rotatable bonds is 5. The van der Waals surface area contributed by atoms with Crippen LogP contribution in [0.4, 0.5) is 0 Å². The third kappa shape index (κ3) is 4.99. The first-order chi connectivity index (χ1) is 10.2. The van der Waals surface area contributed by atoms with Gasteiger partial charge in [-0.15, -0.1) is 0 Å². The molecule has 1 aromatic heterocycles. The number of benzene rings is 1. The Hall–Kier alpha value is -2.23. The van der Waals surface area contributed by atoms with Crippen LogP contribution < -0.4 is 10.6 Å². The van der Waals surface area contributed by atoms with Gasteiger partial charge in [0.1, 0.15) is 0 Å². The van der Waals surface area contributed by atoms with E-state index in [-0.39, 0.29) is 0 Å². The second kappa shape index (κ2) is 7.53. The SMILES string of the molecule is CCNC(=NCc1ccn(C)c1)NCc1ccc(C)cc1. The number of nitrogens with one attached hydrogen (secondary N) is 2. The molecule has 0 radical (unpaired) electrons. The van der Waals surface area contributed by atoms with Crippen LogP contribution in [0.5, 0.6) is 0 Å². The molecule has 112 valence electrons. The van der Waals surface area contributed by atoms with Gasteiger partial charge < -0.3 is 15.2 Å². The third-order valence-electron chi connectivity index (χ3n) is 3.24. The van der Waals surface area contributed by atoms with Gasteiger partial charge in [0.05, 0.1) is 6.54 Å². The normalized spacial score (nSPS) is 11.5. The Morgan fingerprint density at radius 1 is 1.10 bits per heavy atom. The Labute approximate surface area is 126 Å². The molecule has 0 aliphatic heterocycles. The molecular weight excluding hydrogens is 260 g/mol. The molecule has 0 amide bonds. The molecule has 4 heteroatoms. The number of aliphatic imine (C=N–C) groups is 1. The Kier molecular flexibility index (Phi) is 5.43. The smallest absolute Gasteiger partial charge is 0.191 e. The Bertz CT molecular complexity index is 581. The van der Waals surface area contributed by atoms with Crippen molar-refractivity contribution in [2.75, 3.05) is 6.54 Å². The number of nitrogens with zero attached hydrogens (tertiary/aromatic N) is 2. The molecular formula is C17H24N4. The van der Waals surface area contributed by atoms with E-state index in [1.807, 2.05) is 17.8 Å². The summed E-state index contributed by atoms with van der Waals surface area (Å²) in [6, 6.07) is 10.6. The summed E-state index contributed by atoms with van der Waals surface area (Å²) in [5, 5.41) is 6.64. The summed E-state index contributed by atoms with van der Waals surface area (Å²) in [5.41, 5.74) is 3.75. The summed E-state index contributed by atoms with van der Waals surface area (Å²) in [4.78, 5) is 4.61. The van der Waals surface area contributed by atoms with Crippen molar-refractivity contribution >= 4 is 5.96 Å². The minimum Gasteiger partial charge on any atom is -0.357 e. The van der Waals surface area contributed by atoms with Crippen molar-refractivity contribution in [3.05, 3.63) is 59.4 Å². The van der Waals surface area contributed by atoms with Crippen molar-refractivity contribution in [1.29, 1.82) is 0 Å². The molecule has 0 aliphatic rings. The van der Waals surface area contributed by atoms with E-state index in [4.69, 9.17) is 0 Å². The van der Waals surface area contributed by atoms with Crippen LogP contribution in [-0.4, -0.2) is 17.1 Å². The van der Waals surface area contributed by atoms with Crippen LogP contribution in [0.3, 0.4) is 0 Å². The van der Waals surface area contributed by atoms with Gasteiger partial charge in [0.25, 0.3) is 0 Å². The summed E-state index contributed by atoms with van der Waals surface area (Å²) in [6.07, 6.45) is 4.13. The van der Waals surface area contributed by atoms with Gasteiger partial charge in [-0.05, 0) is 31.0 Å². The van der Waals surface area contributed by atoms with Gasteiger partial charge in [-0.3, -0.25) is 0 Å². The van der Waals surface area contributed by atoms with Gasteiger partial charge in [0, 0.05) is 32.5 Å². The Morgan fingerprint density at radius 2 is 1.86 bits per heavy atom. The van der Waals surface area contributed by atoms with E-state index >= 15 is 0 Å². The molecule has 0 saturated heterocycles. The number of aromatic nitrogens is 1. The second-order valence-corrected chi connectivity index (χ2v) is 5.22. The number of guanidine groups is 1. The van der Waals surface area contributed by atoms with Gasteiger partial charge in [0.15, 0.2) is 5.96 Å². The molecule has 1 heterocycles. The first kappa shape index (κ1) is 15.2. The summed E-state index contributed by atoms with van der Waals surface area (Å²) < 4.78 is 2.04. The summed E-state index contributed by atoms with van der Waals surface area (Å²) >= 11 is 0. The fourth-order valence-corrected chi connectivity index (χ4v) is 2.06. The molecule has 4 nitrogen and oxygen atoms in total. The number of hydrogen-bond donors (Lipinski definition) is 2. The molecule has 2 aromatic rings. The van der Waals surface area contributed by atoms with Crippen LogP contribution in [0.2, 0.25) is 0 Å². The average molecular weight is 284 g/mol. The molecule has 0 fully saturated rings. The summed E-state index contributed by atoms with van der Waals surface area (Å²) in [5.74, 6) is 0.849. The van der Waals surface area contributed by atoms with Crippen molar-refractivity contribution in [1.82, 2.24) is 15.2 Å². The minimum atomic E-state index is 0.685. The quantitative estimate of drug-likeness (QED) is 0.654. The lowest BCUT2D eigenvalue weighted by atomic mass is 10.1. The monoisotopic (exact) mass is 284 g/mol. The zero-order chi connectivity index (χ0) is 15.1. The molecule has 21 heavy (non-hydrogen) atoms. The van der Waals surface area contributed by atoms with Crippen molar-refractivity contribution in [2.24, 2.45) is 12.0 Å². The van der Waals surface area contributed by atoms with Crippen LogP contribution in [0.25, 0.3) is 0 Å². The van der Waals surface area contributed by atoms with Crippen molar-refractivity contribution in [3.63, 3.8) is 0 Å². The van der Waals surface area contributed by atoms with Gasteiger partial charge in [-0.2, -0.15) is 0 Å². The van der Waals surface area contributed by atoms with E-state index in [1.165, 1.54) is 16.7 Å². The van der Waals surface area contributed by atoms with Gasteiger partial charge in [-0.1, -0.05) is 29.8 Å². The van der Waals surface area contributed by atoms with Crippen molar-refractivity contribution in [3.8, 4) is 0 Å². The van der Waals surface area contributed by atoms with E-state index in [0.717, 1.165) is 19.0 Å². The maximum Gasteiger partial charge on any atom is 0.191 e. The van der Waals surface area contributed by atoms with Crippen LogP contribution in [-0.2, 0) is 20.1 Å². The number of hydrogen-bond acceptors (Lipinski definition) is 1. The molecule has 0 unspecified atom stereocenters. The highest BCUT2D eigenvalue weighted by atomic mass is 15.2. The Balaban J connectivity index is 1.93. The molecule has 0 bridgehead atoms. The van der Waals surface area contributed by atoms with E-state index in [9.17, 15) is 0 Å². The molecule has 2 rings (SSSR count). The predicted octanol–water partition coefficient (Wildman–Crippen LogP) is 2.59. The highest BCUT2D eigenvalue weighted by Gasteiger charge is 1.99. The minimum absolute atomic E-state index is 0.685. The average Bonchev–Trinajstić information content (AvgIpc) is 2.89. The molecule has 1 aromatic carbocycles. The zero-order valence-corrected chi connectivity index (χ0v) is 13.1. The standard InChI is InChI=1S/C17H24N4/c1-4-18-17(20-12-16-9-10-21(3)13-16)19-11-15-7-5-14(2)6-8-15/h5-10,13H,4,11-12H2,1-3H3,(H2,18,19,20). The van der Waals surface area contributed by atoms with E-state index in [0.29, 0.717) is 6.54 Å². The topological polar surface area (TPSA) is 41.4 Å². The van der Waals surface area contributed by atoms with E-state index < -0.39 is 0 Å². The maximum atomic E-state index is 4.61. The molecule has 0 saturated carbocycles. The fourth-order valence-electron chi connectivity index (χ4n) is 2.06. The van der Waals surface area contributed by atoms with Gasteiger partial charge >= 0.3 is 0 Å². The van der Waals surface area contributed by atoms with Gasteiger partial charge in [0.2, 0.25) is 0 Å². The lowest BCUT2D eigenvalue weighted by molar-refractivity contribution is 0.815. The van der Waals surface area contributed by atoms with Crippen LogP contribution in [0, 0.1) is 6.92 Å². The largest absolute Gasteiger partial charge is 0.357 e. The molecule has 0 spiro atoms. The molecule has 0 atom stereocenters. The highest BCUT2D eigenvalue weighted by Crippen LogP contribution is 2.03. The first-order valence-corrected chi connectivity index (χ1v) is 7.36. The predicted molar refractivity (Wildman–Crippen MR) is 88.2 cm³/mol. The fraction of sp³-hybridized carbons (Fsp3) is 0.353. The lowest BCUT2D eigenvalue weighted by Gasteiger charge is -2.11. The van der Waals surface area contributed by atoms with Crippen molar-refractivity contribution < 1.29 is 0 Å². The number of aryl methyl sites for hydroxylation is 2. The Morgan fingerprint density at radius 3 is 2.48 bits per heavy atom. The van der Waals surface area contributed by atoms with E-state index in [2.05, 4.69) is 66.0 Å². The maximum absolute atomic E-state index is 4.61. The van der Waals surface area contributed by atoms with Crippen molar-refractivity contribution in [2.45, 2.75) is 26.9 Å². The first-order valence-electron chi connectivity index (χ1n) is 7.36. The van der Waals surface area contributed by atoms with Crippen LogP contribution in [0.15, 0.2) is 47.7 Å². The summed E-state index contributed by atoms with van der Waals surface area (Å²) in [6.45, 7) is 6.49. The lowest BCUT2D eigenvalue weighted by Crippen LogP contribution is -2.36. The molecule has 2 N–H and O–H groups in total. The zero-order valence-electron chi connectivity index (χ0n) is 13.1. The highest BCUT2D eigenvalue weighted by molar-refractivity contribution is 5.79. The van der Waals surface area contributed by atoms with Crippen LogP contribution >= 0.6 is 0 Å². The molecule has 0 aliphatic carbocycles. The second-order valence-electron chi connectivity index (χ2n) is 5.22. The van der Waals surface area contributed by atoms with Gasteiger partial charge in [-0.25, -0.2) is 4.99 Å². The summed E-state index contributed by atoms with van der Waals surface area (Å²) in [7, 11) is 2.02. The van der Waals surface area contributed by atoms with E-state index in [1.54, 1.807) is 0 Å².